The van der Waals surface area contributed by atoms with Crippen LogP contribution in [0, 0.1) is 0 Å². The predicted octanol–water partition coefficient (Wildman–Crippen LogP) is 3.17. The Morgan fingerprint density at radius 1 is 1.10 bits per heavy atom. The van der Waals surface area contributed by atoms with Gasteiger partial charge in [0.05, 0.1) is 12.3 Å². The molecule has 2 aromatic rings. The Balaban J connectivity index is 2.29. The first-order valence-corrected chi connectivity index (χ1v) is 8.02. The zero-order valence-electron chi connectivity index (χ0n) is 12.4. The maximum Gasteiger partial charge on any atom is 0.323 e. The first kappa shape index (κ1) is 15.4. The van der Waals surface area contributed by atoms with Crippen LogP contribution in [0.15, 0.2) is 29.2 Å². The molecule has 21 heavy (non-hydrogen) atoms. The fourth-order valence-corrected chi connectivity index (χ4v) is 2.27. The van der Waals surface area contributed by atoms with Crippen molar-refractivity contribution in [3.05, 3.63) is 24.3 Å². The lowest BCUT2D eigenvalue weighted by molar-refractivity contribution is 0.312. The van der Waals surface area contributed by atoms with E-state index in [0.717, 1.165) is 17.1 Å². The minimum absolute atomic E-state index is 0.313. The molecule has 0 radical (unpaired) electrons. The molecular formula is C14H19N5OS. The average Bonchev–Trinajstić information content (AvgIpc) is 2.48. The molecule has 1 heterocycles. The number of nitrogens with one attached hydrogen (secondary N) is 2. The summed E-state index contributed by atoms with van der Waals surface area (Å²) in [5, 5.41) is 6.29. The van der Waals surface area contributed by atoms with Crippen molar-refractivity contribution in [1.29, 1.82) is 0 Å². The normalized spacial score (nSPS) is 10.2. The van der Waals surface area contributed by atoms with E-state index in [4.69, 9.17) is 4.74 Å². The van der Waals surface area contributed by atoms with Crippen molar-refractivity contribution in [2.45, 2.75) is 18.7 Å². The summed E-state index contributed by atoms with van der Waals surface area (Å²) in [6, 6.07) is 8.32. The van der Waals surface area contributed by atoms with Crippen LogP contribution >= 0.6 is 11.8 Å². The van der Waals surface area contributed by atoms with Gasteiger partial charge < -0.3 is 15.4 Å². The van der Waals surface area contributed by atoms with Crippen LogP contribution in [0.25, 0.3) is 0 Å². The molecule has 2 N–H and O–H groups in total. The Morgan fingerprint density at radius 2 is 1.86 bits per heavy atom. The standard InChI is InChI=1S/C14H19N5OS/c1-4-15-12-17-13(19-14(18-12)20-5-2)16-10-8-6-7-9-11(10)21-3/h6-9H,4-5H2,1-3H3,(H2,15,16,17,18,19). The SMILES string of the molecule is CCNc1nc(Nc2ccccc2SC)nc(OCC)n1. The highest BCUT2D eigenvalue weighted by Gasteiger charge is 2.08. The zero-order valence-corrected chi connectivity index (χ0v) is 13.2. The van der Waals surface area contributed by atoms with Crippen molar-refractivity contribution in [3.63, 3.8) is 0 Å². The minimum Gasteiger partial charge on any atom is -0.464 e. The van der Waals surface area contributed by atoms with E-state index < -0.39 is 0 Å². The van der Waals surface area contributed by atoms with Gasteiger partial charge in [-0.2, -0.15) is 15.0 Å². The number of rotatable bonds is 7. The monoisotopic (exact) mass is 305 g/mol. The summed E-state index contributed by atoms with van der Waals surface area (Å²) in [4.78, 5) is 13.9. The van der Waals surface area contributed by atoms with Gasteiger partial charge in [-0.3, -0.25) is 0 Å². The van der Waals surface area contributed by atoms with E-state index in [0.29, 0.717) is 24.5 Å². The molecule has 0 unspecified atom stereocenters. The molecule has 0 aliphatic carbocycles. The lowest BCUT2D eigenvalue weighted by Gasteiger charge is -2.11. The van der Waals surface area contributed by atoms with Crippen LogP contribution in [0.2, 0.25) is 0 Å². The largest absolute Gasteiger partial charge is 0.464 e. The highest BCUT2D eigenvalue weighted by atomic mass is 32.2. The van der Waals surface area contributed by atoms with E-state index >= 15 is 0 Å². The predicted molar refractivity (Wildman–Crippen MR) is 86.7 cm³/mol. The van der Waals surface area contributed by atoms with Crippen molar-refractivity contribution < 1.29 is 4.74 Å². The summed E-state index contributed by atoms with van der Waals surface area (Å²) >= 11 is 1.66. The summed E-state index contributed by atoms with van der Waals surface area (Å²) in [7, 11) is 0. The van der Waals surface area contributed by atoms with Gasteiger partial charge in [0.2, 0.25) is 11.9 Å². The van der Waals surface area contributed by atoms with Gasteiger partial charge in [-0.25, -0.2) is 0 Å². The summed E-state index contributed by atoms with van der Waals surface area (Å²) in [6.45, 7) is 5.12. The Morgan fingerprint density at radius 3 is 2.57 bits per heavy atom. The fourth-order valence-electron chi connectivity index (χ4n) is 1.71. The van der Waals surface area contributed by atoms with Gasteiger partial charge in [-0.1, -0.05) is 12.1 Å². The number of thioether (sulfide) groups is 1. The number of hydrogen-bond acceptors (Lipinski definition) is 7. The number of para-hydroxylation sites is 1. The van der Waals surface area contributed by atoms with Crippen LogP contribution in [0.3, 0.4) is 0 Å². The number of aromatic nitrogens is 3. The molecule has 0 saturated heterocycles. The molecule has 7 heteroatoms. The van der Waals surface area contributed by atoms with Crippen LogP contribution in [0.4, 0.5) is 17.6 Å². The minimum atomic E-state index is 0.313. The second-order valence-electron chi connectivity index (χ2n) is 4.05. The zero-order chi connectivity index (χ0) is 15.1. The third kappa shape index (κ3) is 4.22. The first-order chi connectivity index (χ1) is 10.3. The van der Waals surface area contributed by atoms with Gasteiger partial charge in [0.25, 0.3) is 0 Å². The lowest BCUT2D eigenvalue weighted by Crippen LogP contribution is -2.09. The van der Waals surface area contributed by atoms with Gasteiger partial charge in [0, 0.05) is 11.4 Å². The molecule has 2 rings (SSSR count). The molecule has 0 aliphatic rings. The summed E-state index contributed by atoms with van der Waals surface area (Å²) in [5.41, 5.74) is 0.959. The summed E-state index contributed by atoms with van der Waals surface area (Å²) < 4.78 is 5.38. The van der Waals surface area contributed by atoms with Crippen molar-refractivity contribution in [3.8, 4) is 6.01 Å². The number of anilines is 3. The third-order valence-corrected chi connectivity index (χ3v) is 3.37. The van der Waals surface area contributed by atoms with Crippen LogP contribution in [0.1, 0.15) is 13.8 Å². The second kappa shape index (κ2) is 7.68. The molecule has 0 atom stereocenters. The van der Waals surface area contributed by atoms with Crippen LogP contribution in [-0.4, -0.2) is 34.4 Å². The second-order valence-corrected chi connectivity index (χ2v) is 4.90. The Labute approximate surface area is 128 Å². The number of hydrogen-bond donors (Lipinski definition) is 2. The van der Waals surface area contributed by atoms with Crippen LogP contribution in [0.5, 0.6) is 6.01 Å². The van der Waals surface area contributed by atoms with E-state index in [-0.39, 0.29) is 0 Å². The Kier molecular flexibility index (Phi) is 5.62. The maximum atomic E-state index is 5.38. The topological polar surface area (TPSA) is 72.0 Å². The molecule has 1 aromatic carbocycles. The molecule has 0 spiro atoms. The Hall–Kier alpha value is -2.02. The van der Waals surface area contributed by atoms with Gasteiger partial charge in [-0.15, -0.1) is 11.8 Å². The molecule has 0 bridgehead atoms. The molecule has 0 fully saturated rings. The maximum absolute atomic E-state index is 5.38. The fraction of sp³-hybridized carbons (Fsp3) is 0.357. The number of nitrogens with zero attached hydrogens (tertiary/aromatic N) is 3. The summed E-state index contributed by atoms with van der Waals surface area (Å²) in [6.07, 6.45) is 2.03. The molecule has 112 valence electrons. The summed E-state index contributed by atoms with van der Waals surface area (Å²) in [5.74, 6) is 0.964. The van der Waals surface area contributed by atoms with Gasteiger partial charge in [0.1, 0.15) is 0 Å². The number of benzene rings is 1. The van der Waals surface area contributed by atoms with Crippen molar-refractivity contribution in [2.24, 2.45) is 0 Å². The van der Waals surface area contributed by atoms with E-state index in [9.17, 15) is 0 Å². The average molecular weight is 305 g/mol. The van der Waals surface area contributed by atoms with E-state index in [1.807, 2.05) is 44.4 Å². The molecule has 0 saturated carbocycles. The number of ether oxygens (including phenoxy) is 1. The molecule has 6 nitrogen and oxygen atoms in total. The van der Waals surface area contributed by atoms with Crippen LogP contribution < -0.4 is 15.4 Å². The third-order valence-electron chi connectivity index (χ3n) is 2.58. The molecular weight excluding hydrogens is 286 g/mol. The first-order valence-electron chi connectivity index (χ1n) is 6.79. The van der Waals surface area contributed by atoms with Crippen LogP contribution in [-0.2, 0) is 0 Å². The van der Waals surface area contributed by atoms with Gasteiger partial charge >= 0.3 is 6.01 Å². The smallest absolute Gasteiger partial charge is 0.323 e. The van der Waals surface area contributed by atoms with Gasteiger partial charge in [0.15, 0.2) is 0 Å². The van der Waals surface area contributed by atoms with E-state index in [1.165, 1.54) is 0 Å². The molecule has 0 amide bonds. The van der Waals surface area contributed by atoms with Gasteiger partial charge in [-0.05, 0) is 32.2 Å². The van der Waals surface area contributed by atoms with Crippen molar-refractivity contribution in [1.82, 2.24) is 15.0 Å². The molecule has 0 aliphatic heterocycles. The quantitative estimate of drug-likeness (QED) is 0.761. The van der Waals surface area contributed by atoms with E-state index in [1.54, 1.807) is 11.8 Å². The highest BCUT2D eigenvalue weighted by Crippen LogP contribution is 2.27. The lowest BCUT2D eigenvalue weighted by atomic mass is 10.3. The van der Waals surface area contributed by atoms with Crippen molar-refractivity contribution in [2.75, 3.05) is 30.0 Å². The van der Waals surface area contributed by atoms with Crippen molar-refractivity contribution >= 4 is 29.3 Å². The highest BCUT2D eigenvalue weighted by molar-refractivity contribution is 7.98. The Bertz CT molecular complexity index is 569. The molecule has 1 aromatic heterocycles. The van der Waals surface area contributed by atoms with E-state index in [2.05, 4.69) is 25.6 Å².